The first kappa shape index (κ1) is 93.8. The quantitative estimate of drug-likeness (QED) is 0.0133. The van der Waals surface area contributed by atoms with Crippen molar-refractivity contribution in [3.05, 3.63) is 306 Å². The molecular formula is C99H101CaF3N6O14. The number of benzene rings is 9. The van der Waals surface area contributed by atoms with Crippen LogP contribution in [0.3, 0.4) is 0 Å². The van der Waals surface area contributed by atoms with Crippen molar-refractivity contribution in [2.75, 3.05) is 16.0 Å². The zero-order valence-corrected chi connectivity index (χ0v) is 71.7. The van der Waals surface area contributed by atoms with Gasteiger partial charge in [0.1, 0.15) is 23.6 Å². The summed E-state index contributed by atoms with van der Waals surface area (Å²) in [4.78, 5) is 79.5. The molecule has 0 aliphatic carbocycles. The van der Waals surface area contributed by atoms with Crippen LogP contribution < -0.4 is 26.2 Å². The summed E-state index contributed by atoms with van der Waals surface area (Å²) in [7, 11) is 0. The third-order valence-corrected chi connectivity index (χ3v) is 21.0. The van der Waals surface area contributed by atoms with Crippen LogP contribution in [0.15, 0.2) is 255 Å². The fourth-order valence-electron chi connectivity index (χ4n) is 15.9. The van der Waals surface area contributed by atoms with Gasteiger partial charge in [-0.1, -0.05) is 187 Å². The molecule has 0 unspecified atom stereocenters. The van der Waals surface area contributed by atoms with Gasteiger partial charge in [0.25, 0.3) is 17.7 Å². The van der Waals surface area contributed by atoms with Crippen molar-refractivity contribution in [3.8, 4) is 67.2 Å². The zero-order valence-electron chi connectivity index (χ0n) is 69.5. The molecule has 8 N–H and O–H groups in total. The number of aliphatic hydroxyl groups is 5. The molecule has 3 amide bonds. The van der Waals surface area contributed by atoms with Crippen LogP contribution in [-0.2, 0) is 38.8 Å². The van der Waals surface area contributed by atoms with Crippen LogP contribution in [0.5, 0.6) is 0 Å². The Morgan fingerprint density at radius 2 is 0.585 bits per heavy atom. The molecule has 0 aliphatic rings. The number of ether oxygens (including phenoxy) is 1. The number of carbonyl (C=O) groups excluding carboxylic acids is 6. The van der Waals surface area contributed by atoms with E-state index in [1.807, 2.05) is 201 Å². The van der Waals surface area contributed by atoms with Crippen LogP contribution in [0, 0.1) is 17.5 Å². The Kier molecular flexibility index (Phi) is 33.9. The van der Waals surface area contributed by atoms with E-state index in [0.29, 0.717) is 95.6 Å². The molecule has 12 rings (SSSR count). The number of rotatable bonds is 37. The fraction of sp³-hybridized carbons (Fsp3) is 0.273. The molecule has 0 saturated heterocycles. The second kappa shape index (κ2) is 44.5. The largest absolute Gasteiger partial charge is 2.00 e. The number of halogens is 3. The van der Waals surface area contributed by atoms with Gasteiger partial charge in [-0.25, -0.2) is 13.2 Å². The van der Waals surface area contributed by atoms with Gasteiger partial charge < -0.3 is 79.7 Å². The van der Waals surface area contributed by atoms with Gasteiger partial charge in [0.05, 0.1) is 70.7 Å². The molecule has 24 heteroatoms. The van der Waals surface area contributed by atoms with Crippen molar-refractivity contribution in [2.45, 2.75) is 173 Å². The molecule has 3 heterocycles. The van der Waals surface area contributed by atoms with Crippen LogP contribution in [0.2, 0.25) is 0 Å². The van der Waals surface area contributed by atoms with Crippen LogP contribution in [0.1, 0.15) is 165 Å². The first-order valence-electron chi connectivity index (χ1n) is 40.9. The number of carboxylic acids is 2. The summed E-state index contributed by atoms with van der Waals surface area (Å²) in [6.45, 7) is 12.3. The van der Waals surface area contributed by atoms with Crippen molar-refractivity contribution in [1.82, 2.24) is 13.7 Å². The average Bonchev–Trinajstić information content (AvgIpc) is 1.60. The Bertz CT molecular complexity index is 5500. The SMILES string of the molecule is CC(C)c1c(C(=O)Nc2ccccc2)c(-c2ccccc2)c(-c2ccc(F)cc2)n1CC[C@@H](O)C[C@@H](O)CC(=O)O[C@@H](CC(=O)[O-])C[C@H](O)CCn1c(-c2ccc(F)cc2)c(-c2ccccc2)c(C(=O)Nc2ccccc2)c1C(C)C.CC(C)c1c(C(=O)Nc2ccccc2)c(-c2ccccc2)c(-c2ccc(F)cc2)n1CC[C@@H](O)C[C@@H](O)CC(=O)[O-].[Ca+2]. The molecule has 0 saturated carbocycles. The molecule has 634 valence electrons. The van der Waals surface area contributed by atoms with Crippen LogP contribution in [0.4, 0.5) is 30.2 Å². The Hall–Kier alpha value is -11.5. The Morgan fingerprint density at radius 1 is 0.333 bits per heavy atom. The van der Waals surface area contributed by atoms with E-state index >= 15 is 0 Å². The molecule has 0 aliphatic heterocycles. The number of esters is 1. The average molecular weight is 1700 g/mol. The fourth-order valence-corrected chi connectivity index (χ4v) is 15.9. The van der Waals surface area contributed by atoms with Gasteiger partial charge in [-0.15, -0.1) is 0 Å². The number of nitrogens with zero attached hydrogens (tertiary/aromatic N) is 3. The number of hydrogen-bond acceptors (Lipinski definition) is 14. The molecule has 0 radical (unpaired) electrons. The van der Waals surface area contributed by atoms with Crippen LogP contribution in [-0.4, -0.2) is 149 Å². The molecule has 6 atom stereocenters. The number of nitrogens with one attached hydrogen (secondary N) is 3. The number of aliphatic carboxylic acids is 2. The van der Waals surface area contributed by atoms with E-state index in [2.05, 4.69) is 16.0 Å². The Labute approximate surface area is 743 Å². The summed E-state index contributed by atoms with van der Waals surface area (Å²) in [5.41, 5.74) is 13.1. The number of hydrogen-bond donors (Lipinski definition) is 8. The number of para-hydroxylation sites is 3. The van der Waals surface area contributed by atoms with Gasteiger partial charge in [-0.05, 0) is 192 Å². The molecule has 123 heavy (non-hydrogen) atoms. The van der Waals surface area contributed by atoms with E-state index in [9.17, 15) is 77.7 Å². The van der Waals surface area contributed by atoms with Crippen LogP contribution >= 0.6 is 0 Å². The minimum Gasteiger partial charge on any atom is -0.550 e. The second-order valence-corrected chi connectivity index (χ2v) is 31.3. The van der Waals surface area contributed by atoms with Gasteiger partial charge in [-0.3, -0.25) is 19.2 Å². The summed E-state index contributed by atoms with van der Waals surface area (Å²) >= 11 is 0. The Balaban J connectivity index is 0.000000316. The smallest absolute Gasteiger partial charge is 0.550 e. The van der Waals surface area contributed by atoms with Crippen molar-refractivity contribution >= 4 is 90.4 Å². The monoisotopic (exact) mass is 1690 g/mol. The normalized spacial score (nSPS) is 12.8. The summed E-state index contributed by atoms with van der Waals surface area (Å²) in [5.74, 6) is -6.83. The van der Waals surface area contributed by atoms with E-state index in [1.165, 1.54) is 36.4 Å². The molecule has 0 fully saturated rings. The predicted octanol–water partition coefficient (Wildman–Crippen LogP) is 16.4. The summed E-state index contributed by atoms with van der Waals surface area (Å²) in [6.07, 6.45) is -9.92. The third kappa shape index (κ3) is 24.7. The van der Waals surface area contributed by atoms with Gasteiger partial charge in [0, 0.05) is 102 Å². The maximum atomic E-state index is 14.5. The van der Waals surface area contributed by atoms with Crippen molar-refractivity contribution < 1.29 is 82.4 Å². The summed E-state index contributed by atoms with van der Waals surface area (Å²) in [6, 6.07) is 73.3. The van der Waals surface area contributed by atoms with E-state index in [4.69, 9.17) is 4.74 Å². The van der Waals surface area contributed by atoms with E-state index in [1.54, 1.807) is 72.8 Å². The topological polar surface area (TPSA) is 310 Å². The predicted molar refractivity (Wildman–Crippen MR) is 468 cm³/mol. The van der Waals surface area contributed by atoms with Gasteiger partial charge >= 0.3 is 43.7 Å². The third-order valence-electron chi connectivity index (χ3n) is 21.0. The standard InChI is InChI=1S/C66H68F2N4O9.C33H35FN2O5.Ca/c1-41(2)61-59(65(79)69-49-21-13-7-14-22-49)57(43-17-9-5-10-18-43)63(45-25-29-47(67)30-26-45)71(61)35-33-51(73)37-53(75)39-56(78)81-54(40-55(76)77)38-52(74)34-36-72-62(42(3)4)60(66(80)70-50-23-15-8-16-24-50)58(44-19-11-6-12-20-44)64(72)46-27-31-48(68)32-28-46;1-21(2)31-30(33(41)35-25-11-7-4-8-12-25)29(22-9-5-3-6-10-22)32(23-13-15-24(34)16-14-23)36(31)18-17-26(37)19-27(38)20-28(39)40;/h5-32,41-42,51-54,73-75H,33-40H2,1-4H3,(H,69,79)(H,70,80)(H,76,77);3-16,21,26-27,37-38H,17-20H2,1-2H3,(H,35,41)(H,39,40);/q;;+2/p-2/t51-,52-,53-,54-;26-,27-;/m11./s1. The van der Waals surface area contributed by atoms with Crippen LogP contribution in [0.25, 0.3) is 67.2 Å². The van der Waals surface area contributed by atoms with E-state index < -0.39 is 91.2 Å². The molecule has 20 nitrogen and oxygen atoms in total. The number of carboxylic acid groups (broad SMARTS) is 2. The maximum Gasteiger partial charge on any atom is 2.00 e. The second-order valence-electron chi connectivity index (χ2n) is 31.3. The number of aliphatic hydroxyl groups excluding tert-OH is 5. The van der Waals surface area contributed by atoms with Crippen molar-refractivity contribution in [1.29, 1.82) is 0 Å². The summed E-state index contributed by atoms with van der Waals surface area (Å²) in [5, 5.41) is 87.2. The first-order chi connectivity index (χ1) is 58.6. The number of amides is 3. The molecule has 0 spiro atoms. The number of aromatic nitrogens is 3. The maximum absolute atomic E-state index is 14.5. The van der Waals surface area contributed by atoms with E-state index in [0.717, 1.165) is 22.4 Å². The zero-order chi connectivity index (χ0) is 87.3. The first-order valence-corrected chi connectivity index (χ1v) is 40.9. The molecule has 9 aromatic carbocycles. The van der Waals surface area contributed by atoms with Gasteiger partial charge in [0.15, 0.2) is 0 Å². The Morgan fingerprint density at radius 3 is 0.846 bits per heavy atom. The van der Waals surface area contributed by atoms with Crippen molar-refractivity contribution in [3.63, 3.8) is 0 Å². The van der Waals surface area contributed by atoms with Gasteiger partial charge in [-0.2, -0.15) is 0 Å². The minimum atomic E-state index is -1.54. The molecular weight excluding hydrogens is 1590 g/mol. The summed E-state index contributed by atoms with van der Waals surface area (Å²) < 4.78 is 54.4. The molecule has 12 aromatic rings. The van der Waals surface area contributed by atoms with Crippen molar-refractivity contribution in [2.24, 2.45) is 0 Å². The van der Waals surface area contributed by atoms with Gasteiger partial charge in [0.2, 0.25) is 0 Å². The van der Waals surface area contributed by atoms with E-state index in [-0.39, 0.29) is 131 Å². The minimum absolute atomic E-state index is 0. The molecule has 0 bridgehead atoms. The number of anilines is 3. The molecule has 3 aromatic heterocycles. The number of carbonyl (C=O) groups is 6.